The van der Waals surface area contributed by atoms with Gasteiger partial charge in [-0.05, 0) is 24.3 Å². The Balaban J connectivity index is 2.06. The van der Waals surface area contributed by atoms with Gasteiger partial charge in [0.05, 0.1) is 23.3 Å². The second-order valence-corrected chi connectivity index (χ2v) is 4.20. The molecule has 0 aliphatic carbocycles. The second kappa shape index (κ2) is 4.20. The van der Waals surface area contributed by atoms with Gasteiger partial charge in [0.2, 0.25) is 0 Å². The molecule has 0 unspecified atom stereocenters. The molecular weight excluding hydrogens is 246 g/mol. The fourth-order valence-corrected chi connectivity index (χ4v) is 1.92. The molecule has 0 aliphatic rings. The molecule has 0 radical (unpaired) electrons. The monoisotopic (exact) mass is 257 g/mol. The van der Waals surface area contributed by atoms with Crippen molar-refractivity contribution in [3.8, 4) is 0 Å². The Labute approximate surface area is 108 Å². The SMILES string of the molecule is Cn1nccc1Cn1nnc2ccc(C(=O)O)cc21. The molecule has 7 nitrogen and oxygen atoms in total. The summed E-state index contributed by atoms with van der Waals surface area (Å²) in [7, 11) is 1.84. The van der Waals surface area contributed by atoms with Crippen molar-refractivity contribution in [2.24, 2.45) is 7.05 Å². The maximum Gasteiger partial charge on any atom is 0.335 e. The van der Waals surface area contributed by atoms with E-state index < -0.39 is 5.97 Å². The van der Waals surface area contributed by atoms with Crippen molar-refractivity contribution in [1.29, 1.82) is 0 Å². The van der Waals surface area contributed by atoms with Crippen molar-refractivity contribution in [3.05, 3.63) is 41.7 Å². The van der Waals surface area contributed by atoms with Gasteiger partial charge in [-0.2, -0.15) is 5.10 Å². The molecule has 2 aromatic heterocycles. The topological polar surface area (TPSA) is 85.8 Å². The van der Waals surface area contributed by atoms with Crippen LogP contribution in [0.15, 0.2) is 30.5 Å². The largest absolute Gasteiger partial charge is 0.478 e. The lowest BCUT2D eigenvalue weighted by atomic mass is 10.2. The average Bonchev–Trinajstić information content (AvgIpc) is 2.97. The summed E-state index contributed by atoms with van der Waals surface area (Å²) >= 11 is 0. The number of carboxylic acid groups (broad SMARTS) is 1. The lowest BCUT2D eigenvalue weighted by Gasteiger charge is -2.03. The Hall–Kier alpha value is -2.70. The standard InChI is InChI=1S/C12H11N5O2/c1-16-9(4-5-13-16)7-17-11-6-8(12(18)19)2-3-10(11)14-15-17/h2-6H,7H2,1H3,(H,18,19). The quantitative estimate of drug-likeness (QED) is 0.753. The summed E-state index contributed by atoms with van der Waals surface area (Å²) in [6, 6.07) is 6.64. The maximum atomic E-state index is 11.0. The predicted octanol–water partition coefficient (Wildman–Crippen LogP) is 0.911. The average molecular weight is 257 g/mol. The Morgan fingerprint density at radius 3 is 2.89 bits per heavy atom. The molecule has 3 aromatic rings. The summed E-state index contributed by atoms with van der Waals surface area (Å²) in [5, 5.41) is 21.2. The van der Waals surface area contributed by atoms with E-state index >= 15 is 0 Å². The Bertz CT molecular complexity index is 758. The van der Waals surface area contributed by atoms with E-state index in [4.69, 9.17) is 5.11 Å². The van der Waals surface area contributed by atoms with E-state index in [1.165, 1.54) is 6.07 Å². The first kappa shape index (κ1) is 11.4. The zero-order valence-electron chi connectivity index (χ0n) is 10.2. The molecule has 1 N–H and O–H groups in total. The van der Waals surface area contributed by atoms with Crippen LogP contribution >= 0.6 is 0 Å². The van der Waals surface area contributed by atoms with E-state index in [9.17, 15) is 4.79 Å². The molecule has 1 aromatic carbocycles. The number of fused-ring (bicyclic) bond motifs is 1. The van der Waals surface area contributed by atoms with Gasteiger partial charge in [-0.3, -0.25) is 4.68 Å². The molecule has 96 valence electrons. The number of hydrogen-bond acceptors (Lipinski definition) is 4. The fraction of sp³-hybridized carbons (Fsp3) is 0.167. The highest BCUT2D eigenvalue weighted by Crippen LogP contribution is 2.15. The van der Waals surface area contributed by atoms with Gasteiger partial charge in [0, 0.05) is 13.2 Å². The summed E-state index contributed by atoms with van der Waals surface area (Å²) in [5.74, 6) is -0.963. The second-order valence-electron chi connectivity index (χ2n) is 4.20. The van der Waals surface area contributed by atoms with E-state index in [0.29, 0.717) is 17.6 Å². The number of nitrogens with zero attached hydrogens (tertiary/aromatic N) is 5. The van der Waals surface area contributed by atoms with Crippen LogP contribution in [0.1, 0.15) is 16.1 Å². The molecular formula is C12H11N5O2. The van der Waals surface area contributed by atoms with Gasteiger partial charge in [0.1, 0.15) is 5.52 Å². The minimum Gasteiger partial charge on any atom is -0.478 e. The third-order valence-electron chi connectivity index (χ3n) is 3.00. The molecule has 0 bridgehead atoms. The molecule has 0 atom stereocenters. The molecule has 19 heavy (non-hydrogen) atoms. The number of rotatable bonds is 3. The highest BCUT2D eigenvalue weighted by atomic mass is 16.4. The molecule has 7 heteroatoms. The van der Waals surface area contributed by atoms with E-state index in [1.54, 1.807) is 27.7 Å². The predicted molar refractivity (Wildman–Crippen MR) is 66.8 cm³/mol. The van der Waals surface area contributed by atoms with E-state index in [-0.39, 0.29) is 5.56 Å². The van der Waals surface area contributed by atoms with Crippen molar-refractivity contribution >= 4 is 17.0 Å². The normalized spacial score (nSPS) is 11.0. The molecule has 0 saturated heterocycles. The van der Waals surface area contributed by atoms with Crippen molar-refractivity contribution in [3.63, 3.8) is 0 Å². The van der Waals surface area contributed by atoms with Gasteiger partial charge in [-0.1, -0.05) is 5.21 Å². The third kappa shape index (κ3) is 1.95. The van der Waals surface area contributed by atoms with Crippen LogP contribution in [0.3, 0.4) is 0 Å². The molecule has 2 heterocycles. The maximum absolute atomic E-state index is 11.0. The molecule has 0 amide bonds. The van der Waals surface area contributed by atoms with Crippen LogP contribution in [0.5, 0.6) is 0 Å². The Morgan fingerprint density at radius 2 is 2.21 bits per heavy atom. The van der Waals surface area contributed by atoms with Gasteiger partial charge in [0.15, 0.2) is 0 Å². The van der Waals surface area contributed by atoms with Crippen molar-refractivity contribution in [2.75, 3.05) is 0 Å². The number of aryl methyl sites for hydroxylation is 1. The first-order valence-corrected chi connectivity index (χ1v) is 5.68. The number of aromatic carboxylic acids is 1. The minimum atomic E-state index is -0.963. The number of hydrogen-bond donors (Lipinski definition) is 1. The summed E-state index contributed by atoms with van der Waals surface area (Å²) in [6.07, 6.45) is 1.71. The van der Waals surface area contributed by atoms with Crippen LogP contribution in [-0.2, 0) is 13.6 Å². The minimum absolute atomic E-state index is 0.223. The fourth-order valence-electron chi connectivity index (χ4n) is 1.92. The first-order valence-electron chi connectivity index (χ1n) is 5.68. The summed E-state index contributed by atoms with van der Waals surface area (Å²) in [4.78, 5) is 11.0. The van der Waals surface area contributed by atoms with Crippen LogP contribution in [0, 0.1) is 0 Å². The number of benzene rings is 1. The smallest absolute Gasteiger partial charge is 0.335 e. The van der Waals surface area contributed by atoms with Crippen LogP contribution < -0.4 is 0 Å². The summed E-state index contributed by atoms with van der Waals surface area (Å²) in [6.45, 7) is 0.496. The highest BCUT2D eigenvalue weighted by Gasteiger charge is 2.10. The van der Waals surface area contributed by atoms with Gasteiger partial charge in [-0.15, -0.1) is 5.10 Å². The van der Waals surface area contributed by atoms with Crippen LogP contribution in [0.25, 0.3) is 11.0 Å². The molecule has 0 aliphatic heterocycles. The number of aromatic nitrogens is 5. The van der Waals surface area contributed by atoms with Crippen molar-refractivity contribution in [1.82, 2.24) is 24.8 Å². The first-order chi connectivity index (χ1) is 9.15. The number of carbonyl (C=O) groups is 1. The Morgan fingerprint density at radius 1 is 1.37 bits per heavy atom. The third-order valence-corrected chi connectivity index (χ3v) is 3.00. The lowest BCUT2D eigenvalue weighted by molar-refractivity contribution is 0.0697. The van der Waals surface area contributed by atoms with Crippen molar-refractivity contribution in [2.45, 2.75) is 6.54 Å². The lowest BCUT2D eigenvalue weighted by Crippen LogP contribution is -2.07. The zero-order chi connectivity index (χ0) is 13.4. The van der Waals surface area contributed by atoms with Gasteiger partial charge < -0.3 is 5.11 Å². The number of carboxylic acids is 1. The van der Waals surface area contributed by atoms with Gasteiger partial charge >= 0.3 is 5.97 Å². The van der Waals surface area contributed by atoms with Crippen molar-refractivity contribution < 1.29 is 9.90 Å². The Kier molecular flexibility index (Phi) is 2.52. The molecule has 0 saturated carbocycles. The van der Waals surface area contributed by atoms with E-state index in [1.807, 2.05) is 13.1 Å². The summed E-state index contributed by atoms with van der Waals surface area (Å²) < 4.78 is 3.41. The van der Waals surface area contributed by atoms with E-state index in [2.05, 4.69) is 15.4 Å². The van der Waals surface area contributed by atoms with Gasteiger partial charge in [0.25, 0.3) is 0 Å². The molecule has 3 rings (SSSR count). The molecule has 0 fully saturated rings. The van der Waals surface area contributed by atoms with E-state index in [0.717, 1.165) is 5.69 Å². The molecule has 0 spiro atoms. The van der Waals surface area contributed by atoms with Crippen LogP contribution in [0.4, 0.5) is 0 Å². The van der Waals surface area contributed by atoms with Crippen LogP contribution in [0.2, 0.25) is 0 Å². The van der Waals surface area contributed by atoms with Crippen LogP contribution in [-0.4, -0.2) is 35.9 Å². The zero-order valence-corrected chi connectivity index (χ0v) is 10.2. The van der Waals surface area contributed by atoms with Gasteiger partial charge in [-0.25, -0.2) is 9.48 Å². The highest BCUT2D eigenvalue weighted by molar-refractivity contribution is 5.92. The summed E-state index contributed by atoms with van der Waals surface area (Å²) in [5.41, 5.74) is 2.56.